The second-order valence-corrected chi connectivity index (χ2v) is 8.73. The van der Waals surface area contributed by atoms with E-state index < -0.39 is 0 Å². The Labute approximate surface area is 123 Å². The molecule has 20 heavy (non-hydrogen) atoms. The summed E-state index contributed by atoms with van der Waals surface area (Å²) in [5.74, 6) is 3.88. The van der Waals surface area contributed by atoms with Gasteiger partial charge >= 0.3 is 0 Å². The van der Waals surface area contributed by atoms with Gasteiger partial charge in [-0.1, -0.05) is 20.3 Å². The summed E-state index contributed by atoms with van der Waals surface area (Å²) in [5, 5.41) is 0. The van der Waals surface area contributed by atoms with Crippen molar-refractivity contribution in [2.24, 2.45) is 40.4 Å². The van der Waals surface area contributed by atoms with E-state index in [9.17, 15) is 4.79 Å². The standard InChI is InChI=1S/C19H30O/c1-18-14-4-3-5-15(18)10-11-17-13(12-20)6-7-16(9-8-14)19(17,18)2/h12-17H,3-11H2,1-2H3/t13?,14?,15?,16?,17?,18-,19-/m1/s1. The van der Waals surface area contributed by atoms with Crippen molar-refractivity contribution in [1.82, 2.24) is 0 Å². The summed E-state index contributed by atoms with van der Waals surface area (Å²) in [6.07, 6.45) is 13.9. The Morgan fingerprint density at radius 3 is 1.95 bits per heavy atom. The molecule has 0 N–H and O–H groups in total. The molecule has 112 valence electrons. The SMILES string of the molecule is C[C@@]12C3CCCC1CCC1C(C=O)CCC(CC3)[C@]12C. The molecule has 1 heteroatoms. The molecule has 0 aromatic rings. The number of carbonyl (C=O) groups excluding carboxylic acids is 1. The topological polar surface area (TPSA) is 17.1 Å². The van der Waals surface area contributed by atoms with Crippen molar-refractivity contribution in [2.45, 2.75) is 71.6 Å². The van der Waals surface area contributed by atoms with Gasteiger partial charge in [0.15, 0.2) is 0 Å². The highest BCUT2D eigenvalue weighted by Crippen LogP contribution is 2.73. The van der Waals surface area contributed by atoms with Gasteiger partial charge in [-0.2, -0.15) is 0 Å². The smallest absolute Gasteiger partial charge is 0.123 e. The van der Waals surface area contributed by atoms with Crippen LogP contribution in [0.25, 0.3) is 0 Å². The minimum atomic E-state index is 0.370. The molecular formula is C19H30O. The molecule has 0 aromatic heterocycles. The fraction of sp³-hybridized carbons (Fsp3) is 0.947. The molecule has 4 aliphatic rings. The number of hydrogen-bond acceptors (Lipinski definition) is 1. The van der Waals surface area contributed by atoms with Gasteiger partial charge in [0.1, 0.15) is 6.29 Å². The van der Waals surface area contributed by atoms with Crippen molar-refractivity contribution in [3.63, 3.8) is 0 Å². The molecule has 4 saturated carbocycles. The van der Waals surface area contributed by atoms with Gasteiger partial charge < -0.3 is 4.79 Å². The third-order valence-corrected chi connectivity index (χ3v) is 8.81. The maximum atomic E-state index is 11.6. The third-order valence-electron chi connectivity index (χ3n) is 8.81. The lowest BCUT2D eigenvalue weighted by Crippen LogP contribution is -2.64. The van der Waals surface area contributed by atoms with Gasteiger partial charge in [0.05, 0.1) is 0 Å². The first-order valence-electron chi connectivity index (χ1n) is 9.07. The summed E-state index contributed by atoms with van der Waals surface area (Å²) >= 11 is 0. The highest BCUT2D eigenvalue weighted by molar-refractivity contribution is 5.55. The van der Waals surface area contributed by atoms with E-state index in [1.165, 1.54) is 64.1 Å². The summed E-state index contributed by atoms with van der Waals surface area (Å²) in [6, 6.07) is 0. The normalized spacial score (nSPS) is 57.8. The molecule has 0 bridgehead atoms. The second-order valence-electron chi connectivity index (χ2n) is 8.73. The zero-order valence-electron chi connectivity index (χ0n) is 13.2. The predicted octanol–water partition coefficient (Wildman–Crippen LogP) is 4.84. The maximum Gasteiger partial charge on any atom is 0.123 e. The first kappa shape index (κ1) is 13.3. The minimum Gasteiger partial charge on any atom is -0.303 e. The van der Waals surface area contributed by atoms with Crippen LogP contribution in [0.3, 0.4) is 0 Å². The molecule has 0 aliphatic heterocycles. The van der Waals surface area contributed by atoms with Crippen molar-refractivity contribution < 1.29 is 4.79 Å². The fourth-order valence-electron chi connectivity index (χ4n) is 7.70. The minimum absolute atomic E-state index is 0.370. The van der Waals surface area contributed by atoms with Crippen molar-refractivity contribution >= 4 is 6.29 Å². The molecule has 0 aromatic carbocycles. The van der Waals surface area contributed by atoms with E-state index in [1.807, 2.05) is 0 Å². The van der Waals surface area contributed by atoms with Crippen LogP contribution in [-0.2, 0) is 4.79 Å². The number of rotatable bonds is 1. The van der Waals surface area contributed by atoms with Crippen molar-refractivity contribution in [3.05, 3.63) is 0 Å². The first-order chi connectivity index (χ1) is 9.62. The number of aldehydes is 1. The quantitative estimate of drug-likeness (QED) is 0.625. The largest absolute Gasteiger partial charge is 0.303 e. The Hall–Kier alpha value is -0.330. The lowest BCUT2D eigenvalue weighted by atomic mass is 9.33. The molecular weight excluding hydrogens is 244 g/mol. The zero-order valence-corrected chi connectivity index (χ0v) is 13.2. The monoisotopic (exact) mass is 274 g/mol. The summed E-state index contributed by atoms with van der Waals surface area (Å²) in [6.45, 7) is 5.26. The third kappa shape index (κ3) is 1.38. The Morgan fingerprint density at radius 1 is 0.750 bits per heavy atom. The van der Waals surface area contributed by atoms with Crippen LogP contribution in [0, 0.1) is 40.4 Å². The highest BCUT2D eigenvalue weighted by atomic mass is 16.1. The maximum absolute atomic E-state index is 11.6. The zero-order chi connectivity index (χ0) is 14.0. The molecule has 0 spiro atoms. The number of carbonyl (C=O) groups is 1. The van der Waals surface area contributed by atoms with Gasteiger partial charge in [-0.05, 0) is 85.9 Å². The van der Waals surface area contributed by atoms with E-state index in [4.69, 9.17) is 0 Å². The predicted molar refractivity (Wildman–Crippen MR) is 81.3 cm³/mol. The summed E-state index contributed by atoms with van der Waals surface area (Å²) in [4.78, 5) is 11.6. The number of hydrogen-bond donors (Lipinski definition) is 0. The fourth-order valence-corrected chi connectivity index (χ4v) is 7.70. The average Bonchev–Trinajstić information content (AvgIpc) is 2.45. The Balaban J connectivity index is 1.82. The second kappa shape index (κ2) is 4.34. The van der Waals surface area contributed by atoms with E-state index >= 15 is 0 Å². The van der Waals surface area contributed by atoms with E-state index in [0.29, 0.717) is 22.7 Å². The molecule has 0 saturated heterocycles. The highest BCUT2D eigenvalue weighted by Gasteiger charge is 2.66. The average molecular weight is 274 g/mol. The Kier molecular flexibility index (Phi) is 2.89. The van der Waals surface area contributed by atoms with E-state index in [0.717, 1.165) is 17.8 Å². The van der Waals surface area contributed by atoms with Crippen molar-refractivity contribution in [1.29, 1.82) is 0 Å². The van der Waals surface area contributed by atoms with E-state index in [1.54, 1.807) is 0 Å². The summed E-state index contributed by atoms with van der Waals surface area (Å²) in [5.41, 5.74) is 1.00. The molecule has 0 radical (unpaired) electrons. The van der Waals surface area contributed by atoms with E-state index in [2.05, 4.69) is 13.8 Å². The van der Waals surface area contributed by atoms with Crippen LogP contribution in [0.1, 0.15) is 71.6 Å². The lowest BCUT2D eigenvalue weighted by molar-refractivity contribution is -0.224. The van der Waals surface area contributed by atoms with Gasteiger partial charge in [-0.15, -0.1) is 0 Å². The van der Waals surface area contributed by atoms with Crippen LogP contribution >= 0.6 is 0 Å². The molecule has 5 unspecified atom stereocenters. The van der Waals surface area contributed by atoms with Gasteiger partial charge in [-0.25, -0.2) is 0 Å². The first-order valence-corrected chi connectivity index (χ1v) is 9.07. The van der Waals surface area contributed by atoms with Crippen molar-refractivity contribution in [3.8, 4) is 0 Å². The van der Waals surface area contributed by atoms with Crippen LogP contribution in [-0.4, -0.2) is 6.29 Å². The molecule has 4 aliphatic carbocycles. The van der Waals surface area contributed by atoms with Gasteiger partial charge in [-0.3, -0.25) is 0 Å². The van der Waals surface area contributed by atoms with Crippen LogP contribution in [0.15, 0.2) is 0 Å². The Bertz CT molecular complexity index is 408. The molecule has 4 rings (SSSR count). The summed E-state index contributed by atoms with van der Waals surface area (Å²) < 4.78 is 0. The molecule has 0 amide bonds. The van der Waals surface area contributed by atoms with Crippen LogP contribution in [0.2, 0.25) is 0 Å². The van der Waals surface area contributed by atoms with E-state index in [-0.39, 0.29) is 0 Å². The molecule has 0 heterocycles. The lowest BCUT2D eigenvalue weighted by Gasteiger charge is -2.71. The van der Waals surface area contributed by atoms with Crippen molar-refractivity contribution in [2.75, 3.05) is 0 Å². The van der Waals surface area contributed by atoms with Gasteiger partial charge in [0, 0.05) is 5.92 Å². The van der Waals surface area contributed by atoms with Crippen LogP contribution < -0.4 is 0 Å². The molecule has 1 nitrogen and oxygen atoms in total. The van der Waals surface area contributed by atoms with Gasteiger partial charge in [0.2, 0.25) is 0 Å². The summed E-state index contributed by atoms with van der Waals surface area (Å²) in [7, 11) is 0. The van der Waals surface area contributed by atoms with Gasteiger partial charge in [0.25, 0.3) is 0 Å². The Morgan fingerprint density at radius 2 is 1.30 bits per heavy atom. The van der Waals surface area contributed by atoms with Crippen LogP contribution in [0.4, 0.5) is 0 Å². The molecule has 4 fully saturated rings. The van der Waals surface area contributed by atoms with Crippen LogP contribution in [0.5, 0.6) is 0 Å². The molecule has 7 atom stereocenters.